The lowest BCUT2D eigenvalue weighted by Gasteiger charge is -2.24. The van der Waals surface area contributed by atoms with Gasteiger partial charge in [-0.15, -0.1) is 0 Å². The number of rotatable bonds is 4. The number of aromatic amines is 1. The first-order valence-electron chi connectivity index (χ1n) is 5.82. The van der Waals surface area contributed by atoms with E-state index in [1.54, 1.807) is 31.5 Å². The summed E-state index contributed by atoms with van der Waals surface area (Å²) in [5, 5.41) is 0. The normalized spacial score (nSPS) is 12.6. The van der Waals surface area contributed by atoms with Crippen LogP contribution in [0.5, 0.6) is 0 Å². The van der Waals surface area contributed by atoms with E-state index in [9.17, 15) is 4.79 Å². The topological polar surface area (TPSA) is 58.2 Å². The lowest BCUT2D eigenvalue weighted by molar-refractivity contribution is 0.0633. The molecule has 1 aromatic heterocycles. The Hall–Kier alpha value is -1.88. The Labute approximate surface area is 106 Å². The van der Waals surface area contributed by atoms with Gasteiger partial charge >= 0.3 is 0 Å². The minimum Gasteiger partial charge on any atom is -0.383 e. The number of carbonyl (C=O) groups excluding carboxylic acids is 1. The van der Waals surface area contributed by atoms with Crippen LogP contribution in [-0.4, -0.2) is 47.6 Å². The summed E-state index contributed by atoms with van der Waals surface area (Å²) in [4.78, 5) is 21.1. The van der Waals surface area contributed by atoms with Crippen LogP contribution in [0, 0.1) is 0 Å². The van der Waals surface area contributed by atoms with Crippen LogP contribution < -0.4 is 0 Å². The molecule has 2 rings (SSSR count). The molecule has 1 N–H and O–H groups in total. The number of hydrogen-bond donors (Lipinski definition) is 1. The van der Waals surface area contributed by atoms with Crippen molar-refractivity contribution in [3.8, 4) is 0 Å². The highest BCUT2D eigenvalue weighted by Crippen LogP contribution is 2.14. The molecule has 96 valence electrons. The average Bonchev–Trinajstić information content (AvgIpc) is 2.84. The summed E-state index contributed by atoms with van der Waals surface area (Å²) >= 11 is 0. The maximum absolute atomic E-state index is 12.3. The quantitative estimate of drug-likeness (QED) is 0.894. The van der Waals surface area contributed by atoms with Crippen molar-refractivity contribution in [1.82, 2.24) is 14.9 Å². The van der Waals surface area contributed by atoms with Crippen molar-refractivity contribution in [2.24, 2.45) is 0 Å². The fourth-order valence-electron chi connectivity index (χ4n) is 1.83. The highest BCUT2D eigenvalue weighted by atomic mass is 16.5. The average molecular weight is 247 g/mol. The van der Waals surface area contributed by atoms with E-state index in [0.29, 0.717) is 12.2 Å². The summed E-state index contributed by atoms with van der Waals surface area (Å²) < 4.78 is 5.06. The molecule has 2 aromatic rings. The van der Waals surface area contributed by atoms with Crippen molar-refractivity contribution in [2.75, 3.05) is 20.8 Å². The molecule has 1 atom stereocenters. The SMILES string of the molecule is COCC(C)N(C)C(=O)c1ccc2nc[nH]c2c1. The van der Waals surface area contributed by atoms with Gasteiger partial charge in [-0.25, -0.2) is 4.98 Å². The van der Waals surface area contributed by atoms with Crippen LogP contribution in [0.15, 0.2) is 24.5 Å². The smallest absolute Gasteiger partial charge is 0.253 e. The van der Waals surface area contributed by atoms with Gasteiger partial charge in [-0.05, 0) is 25.1 Å². The molecule has 1 unspecified atom stereocenters. The van der Waals surface area contributed by atoms with Gasteiger partial charge in [-0.2, -0.15) is 0 Å². The number of likely N-dealkylation sites (N-methyl/N-ethyl adjacent to an activating group) is 1. The van der Waals surface area contributed by atoms with Crippen LogP contribution in [0.4, 0.5) is 0 Å². The zero-order valence-electron chi connectivity index (χ0n) is 10.8. The van der Waals surface area contributed by atoms with E-state index < -0.39 is 0 Å². The van der Waals surface area contributed by atoms with Gasteiger partial charge in [0.25, 0.3) is 5.91 Å². The Morgan fingerprint density at radius 1 is 1.56 bits per heavy atom. The Balaban J connectivity index is 2.21. The molecule has 1 aromatic carbocycles. The molecule has 0 radical (unpaired) electrons. The number of imidazole rings is 1. The third-order valence-corrected chi connectivity index (χ3v) is 3.06. The van der Waals surface area contributed by atoms with E-state index in [-0.39, 0.29) is 11.9 Å². The third kappa shape index (κ3) is 2.36. The third-order valence-electron chi connectivity index (χ3n) is 3.06. The fraction of sp³-hybridized carbons (Fsp3) is 0.385. The van der Waals surface area contributed by atoms with E-state index in [0.717, 1.165) is 11.0 Å². The highest BCUT2D eigenvalue weighted by molar-refractivity contribution is 5.97. The summed E-state index contributed by atoms with van der Waals surface area (Å²) in [5.74, 6) is -0.0175. The Morgan fingerprint density at radius 2 is 2.33 bits per heavy atom. The number of methoxy groups -OCH3 is 1. The van der Waals surface area contributed by atoms with Crippen molar-refractivity contribution >= 4 is 16.9 Å². The van der Waals surface area contributed by atoms with E-state index in [1.807, 2.05) is 19.1 Å². The molecule has 0 fully saturated rings. The standard InChI is InChI=1S/C13H17N3O2/c1-9(7-18-3)16(2)13(17)10-4-5-11-12(6-10)15-8-14-11/h4-6,8-9H,7H2,1-3H3,(H,14,15). The van der Waals surface area contributed by atoms with Gasteiger partial charge in [0.05, 0.1) is 30.0 Å². The first-order valence-corrected chi connectivity index (χ1v) is 5.82. The molecule has 0 saturated carbocycles. The predicted molar refractivity (Wildman–Crippen MR) is 69.5 cm³/mol. The molecule has 0 aliphatic heterocycles. The number of benzene rings is 1. The Kier molecular flexibility index (Phi) is 3.62. The number of H-pyrrole nitrogens is 1. The summed E-state index contributed by atoms with van der Waals surface area (Å²) in [6.45, 7) is 2.48. The van der Waals surface area contributed by atoms with E-state index in [2.05, 4.69) is 9.97 Å². The molecule has 0 aliphatic rings. The minimum atomic E-state index is -0.0175. The number of carbonyl (C=O) groups is 1. The highest BCUT2D eigenvalue weighted by Gasteiger charge is 2.17. The number of amides is 1. The number of fused-ring (bicyclic) bond motifs is 1. The molecule has 0 spiro atoms. The zero-order valence-corrected chi connectivity index (χ0v) is 10.8. The summed E-state index contributed by atoms with van der Waals surface area (Å²) in [7, 11) is 3.41. The lowest BCUT2D eigenvalue weighted by Crippen LogP contribution is -2.37. The second-order valence-electron chi connectivity index (χ2n) is 4.35. The Bertz CT molecular complexity index is 550. The summed E-state index contributed by atoms with van der Waals surface area (Å²) in [6, 6.07) is 5.50. The fourth-order valence-corrected chi connectivity index (χ4v) is 1.83. The largest absolute Gasteiger partial charge is 0.383 e. The van der Waals surface area contributed by atoms with Crippen molar-refractivity contribution in [2.45, 2.75) is 13.0 Å². The van der Waals surface area contributed by atoms with Gasteiger partial charge in [0, 0.05) is 19.7 Å². The van der Waals surface area contributed by atoms with E-state index in [4.69, 9.17) is 4.74 Å². The molecule has 1 amide bonds. The monoisotopic (exact) mass is 247 g/mol. The first kappa shape index (κ1) is 12.6. The number of aromatic nitrogens is 2. The van der Waals surface area contributed by atoms with Gasteiger partial charge in [0.2, 0.25) is 0 Å². The molecular formula is C13H17N3O2. The molecule has 5 heteroatoms. The van der Waals surface area contributed by atoms with Crippen LogP contribution in [0.25, 0.3) is 11.0 Å². The predicted octanol–water partition coefficient (Wildman–Crippen LogP) is 1.67. The van der Waals surface area contributed by atoms with Crippen molar-refractivity contribution in [3.05, 3.63) is 30.1 Å². The molecule has 5 nitrogen and oxygen atoms in total. The molecular weight excluding hydrogens is 230 g/mol. The summed E-state index contributed by atoms with van der Waals surface area (Å²) in [6.07, 6.45) is 1.62. The van der Waals surface area contributed by atoms with Crippen LogP contribution in [0.1, 0.15) is 17.3 Å². The number of nitrogens with zero attached hydrogens (tertiary/aromatic N) is 2. The number of ether oxygens (including phenoxy) is 1. The van der Waals surface area contributed by atoms with Crippen molar-refractivity contribution in [1.29, 1.82) is 0 Å². The molecule has 0 bridgehead atoms. The van der Waals surface area contributed by atoms with E-state index in [1.165, 1.54) is 0 Å². The molecule has 18 heavy (non-hydrogen) atoms. The number of hydrogen-bond acceptors (Lipinski definition) is 3. The van der Waals surface area contributed by atoms with Crippen molar-refractivity contribution in [3.63, 3.8) is 0 Å². The second-order valence-corrected chi connectivity index (χ2v) is 4.35. The van der Waals surface area contributed by atoms with Crippen LogP contribution >= 0.6 is 0 Å². The van der Waals surface area contributed by atoms with Gasteiger partial charge in [0.1, 0.15) is 0 Å². The van der Waals surface area contributed by atoms with Crippen LogP contribution in [-0.2, 0) is 4.74 Å². The lowest BCUT2D eigenvalue weighted by atomic mass is 10.1. The molecule has 0 saturated heterocycles. The van der Waals surface area contributed by atoms with Gasteiger partial charge in [-0.3, -0.25) is 4.79 Å². The first-order chi connectivity index (χ1) is 8.63. The van der Waals surface area contributed by atoms with Crippen molar-refractivity contribution < 1.29 is 9.53 Å². The summed E-state index contributed by atoms with van der Waals surface area (Å²) in [5.41, 5.74) is 2.38. The minimum absolute atomic E-state index is 0.0175. The van der Waals surface area contributed by atoms with Gasteiger partial charge < -0.3 is 14.6 Å². The van der Waals surface area contributed by atoms with Crippen LogP contribution in [0.3, 0.4) is 0 Å². The van der Waals surface area contributed by atoms with Gasteiger partial charge in [-0.1, -0.05) is 0 Å². The maximum Gasteiger partial charge on any atom is 0.253 e. The molecule has 0 aliphatic carbocycles. The van der Waals surface area contributed by atoms with Gasteiger partial charge in [0.15, 0.2) is 0 Å². The Morgan fingerprint density at radius 3 is 3.06 bits per heavy atom. The van der Waals surface area contributed by atoms with Crippen LogP contribution in [0.2, 0.25) is 0 Å². The zero-order chi connectivity index (χ0) is 13.1. The van der Waals surface area contributed by atoms with E-state index >= 15 is 0 Å². The molecule has 1 heterocycles. The maximum atomic E-state index is 12.3. The number of nitrogens with one attached hydrogen (secondary N) is 1. The second kappa shape index (κ2) is 5.18.